The van der Waals surface area contributed by atoms with E-state index in [4.69, 9.17) is 25.5 Å². The highest BCUT2D eigenvalue weighted by molar-refractivity contribution is 6.31. The van der Waals surface area contributed by atoms with E-state index < -0.39 is 5.63 Å². The summed E-state index contributed by atoms with van der Waals surface area (Å²) >= 11 is 6.01. The number of fused-ring (bicyclic) bond motifs is 1. The van der Waals surface area contributed by atoms with Gasteiger partial charge in [-0.15, -0.1) is 0 Å². The fourth-order valence-electron chi connectivity index (χ4n) is 3.29. The van der Waals surface area contributed by atoms with Crippen LogP contribution in [0.5, 0.6) is 11.5 Å². The molecule has 3 aromatic carbocycles. The third-order valence-corrected chi connectivity index (χ3v) is 5.19. The van der Waals surface area contributed by atoms with Gasteiger partial charge in [-0.3, -0.25) is 4.79 Å². The van der Waals surface area contributed by atoms with Crippen molar-refractivity contribution in [1.82, 2.24) is 0 Å². The first-order chi connectivity index (χ1) is 15.4. The minimum Gasteiger partial charge on any atom is -0.495 e. The topological polar surface area (TPSA) is 77.8 Å². The molecule has 1 aromatic heterocycles. The predicted molar refractivity (Wildman–Crippen MR) is 124 cm³/mol. The van der Waals surface area contributed by atoms with Crippen LogP contribution >= 0.6 is 11.6 Å². The molecule has 0 radical (unpaired) electrons. The normalized spacial score (nSPS) is 10.7. The Morgan fingerprint density at radius 1 is 1.03 bits per heavy atom. The number of rotatable bonds is 6. The summed E-state index contributed by atoms with van der Waals surface area (Å²) in [5.41, 5.74) is 2.81. The first-order valence-corrected chi connectivity index (χ1v) is 10.2. The molecule has 7 heteroatoms. The summed E-state index contributed by atoms with van der Waals surface area (Å²) < 4.78 is 16.3. The molecule has 0 saturated carbocycles. The Balaban J connectivity index is 1.43. The molecule has 6 nitrogen and oxygen atoms in total. The number of hydrogen-bond donors (Lipinski definition) is 1. The summed E-state index contributed by atoms with van der Waals surface area (Å²) in [4.78, 5) is 24.2. The average molecular weight is 450 g/mol. The van der Waals surface area contributed by atoms with Crippen LogP contribution in [-0.2, 0) is 6.61 Å². The molecule has 0 saturated heterocycles. The maximum Gasteiger partial charge on any atom is 0.336 e. The lowest BCUT2D eigenvalue weighted by atomic mass is 10.1. The summed E-state index contributed by atoms with van der Waals surface area (Å²) in [5.74, 6) is 0.827. The molecule has 0 unspecified atom stereocenters. The molecule has 32 heavy (non-hydrogen) atoms. The molecule has 0 aliphatic rings. The van der Waals surface area contributed by atoms with E-state index in [2.05, 4.69) is 5.32 Å². The third-order valence-electron chi connectivity index (χ3n) is 4.95. The van der Waals surface area contributed by atoms with Crippen molar-refractivity contribution in [1.29, 1.82) is 0 Å². The molecule has 0 bridgehead atoms. The van der Waals surface area contributed by atoms with Crippen LogP contribution in [0.25, 0.3) is 11.0 Å². The molecule has 4 rings (SSSR count). The standard InChI is InChI=1S/C25H20ClNO5/c1-15-11-24(28)32-23-13-19(8-9-20(15)23)31-14-16-3-5-17(6-4-16)25(29)27-21-12-18(26)7-10-22(21)30-2/h3-13H,14H2,1-2H3,(H,27,29). The van der Waals surface area contributed by atoms with Crippen LogP contribution < -0.4 is 20.4 Å². The van der Waals surface area contributed by atoms with Gasteiger partial charge in [0.1, 0.15) is 23.7 Å². The first kappa shape index (κ1) is 21.5. The van der Waals surface area contributed by atoms with E-state index in [0.717, 1.165) is 16.5 Å². The fraction of sp³-hybridized carbons (Fsp3) is 0.120. The number of nitrogens with one attached hydrogen (secondary N) is 1. The van der Waals surface area contributed by atoms with Gasteiger partial charge in [0.05, 0.1) is 12.8 Å². The number of benzene rings is 3. The molecule has 1 N–H and O–H groups in total. The van der Waals surface area contributed by atoms with Gasteiger partial charge in [0.15, 0.2) is 0 Å². The molecule has 0 spiro atoms. The minimum atomic E-state index is -0.392. The summed E-state index contributed by atoms with van der Waals surface area (Å²) in [6.07, 6.45) is 0. The molecular weight excluding hydrogens is 430 g/mol. The smallest absolute Gasteiger partial charge is 0.336 e. The summed E-state index contributed by atoms with van der Waals surface area (Å²) in [7, 11) is 1.53. The highest BCUT2D eigenvalue weighted by Crippen LogP contribution is 2.28. The SMILES string of the molecule is COc1ccc(Cl)cc1NC(=O)c1ccc(COc2ccc3c(C)cc(=O)oc3c2)cc1. The lowest BCUT2D eigenvalue weighted by Crippen LogP contribution is -2.12. The molecule has 0 atom stereocenters. The third kappa shape index (κ3) is 4.76. The van der Waals surface area contributed by atoms with Crippen LogP contribution in [-0.4, -0.2) is 13.0 Å². The molecule has 0 fully saturated rings. The maximum atomic E-state index is 12.6. The summed E-state index contributed by atoms with van der Waals surface area (Å²) in [5, 5.41) is 4.17. The van der Waals surface area contributed by atoms with Gasteiger partial charge in [-0.25, -0.2) is 4.79 Å². The fourth-order valence-corrected chi connectivity index (χ4v) is 3.46. The maximum absolute atomic E-state index is 12.6. The Bertz CT molecular complexity index is 1350. The number of hydrogen-bond acceptors (Lipinski definition) is 5. The Morgan fingerprint density at radius 3 is 2.56 bits per heavy atom. The van der Waals surface area contributed by atoms with Crippen LogP contribution in [0.4, 0.5) is 5.69 Å². The van der Waals surface area contributed by atoms with E-state index in [-0.39, 0.29) is 5.91 Å². The molecule has 1 amide bonds. The molecular formula is C25H20ClNO5. The quantitative estimate of drug-likeness (QED) is 0.388. The minimum absolute atomic E-state index is 0.280. The van der Waals surface area contributed by atoms with Gasteiger partial charge in [-0.1, -0.05) is 23.7 Å². The Kier molecular flexibility index (Phi) is 6.14. The van der Waals surface area contributed by atoms with Gasteiger partial charge in [-0.05, 0) is 60.5 Å². The van der Waals surface area contributed by atoms with Crippen molar-refractivity contribution < 1.29 is 18.7 Å². The van der Waals surface area contributed by atoms with Crippen molar-refractivity contribution in [2.75, 3.05) is 12.4 Å². The second-order valence-corrected chi connectivity index (χ2v) is 7.63. The highest BCUT2D eigenvalue weighted by Gasteiger charge is 2.11. The van der Waals surface area contributed by atoms with Crippen LogP contribution in [0.2, 0.25) is 5.02 Å². The lowest BCUT2D eigenvalue weighted by molar-refractivity contribution is 0.102. The molecule has 162 valence electrons. The van der Waals surface area contributed by atoms with Gasteiger partial charge < -0.3 is 19.2 Å². The zero-order chi connectivity index (χ0) is 22.7. The van der Waals surface area contributed by atoms with Crippen LogP contribution in [0.1, 0.15) is 21.5 Å². The number of ether oxygens (including phenoxy) is 2. The monoisotopic (exact) mass is 449 g/mol. The van der Waals surface area contributed by atoms with E-state index in [9.17, 15) is 9.59 Å². The number of anilines is 1. The second kappa shape index (κ2) is 9.16. The van der Waals surface area contributed by atoms with E-state index in [1.165, 1.54) is 13.2 Å². The number of carbonyl (C=O) groups is 1. The zero-order valence-corrected chi connectivity index (χ0v) is 18.2. The van der Waals surface area contributed by atoms with Gasteiger partial charge in [0.2, 0.25) is 0 Å². The van der Waals surface area contributed by atoms with Gasteiger partial charge in [-0.2, -0.15) is 0 Å². The molecule has 1 heterocycles. The number of carbonyl (C=O) groups excluding carboxylic acids is 1. The van der Waals surface area contributed by atoms with Crippen molar-refractivity contribution in [3.05, 3.63) is 98.9 Å². The van der Waals surface area contributed by atoms with Gasteiger partial charge >= 0.3 is 5.63 Å². The van der Waals surface area contributed by atoms with Crippen molar-refractivity contribution in [2.24, 2.45) is 0 Å². The second-order valence-electron chi connectivity index (χ2n) is 7.19. The first-order valence-electron chi connectivity index (χ1n) is 9.84. The van der Waals surface area contributed by atoms with Crippen molar-refractivity contribution >= 4 is 34.2 Å². The average Bonchev–Trinajstić information content (AvgIpc) is 2.78. The van der Waals surface area contributed by atoms with E-state index >= 15 is 0 Å². The zero-order valence-electron chi connectivity index (χ0n) is 17.5. The molecule has 0 aliphatic heterocycles. The molecule has 0 aliphatic carbocycles. The van der Waals surface area contributed by atoms with Crippen molar-refractivity contribution in [3.63, 3.8) is 0 Å². The van der Waals surface area contributed by atoms with Crippen molar-refractivity contribution in [2.45, 2.75) is 13.5 Å². The van der Waals surface area contributed by atoms with Crippen LogP contribution in [0.15, 0.2) is 75.9 Å². The highest BCUT2D eigenvalue weighted by atomic mass is 35.5. The number of halogens is 1. The summed E-state index contributed by atoms with van der Waals surface area (Å²) in [6, 6.07) is 18.9. The Hall–Kier alpha value is -3.77. The predicted octanol–water partition coefficient (Wildman–Crippen LogP) is 5.59. The van der Waals surface area contributed by atoms with Gasteiger partial charge in [0, 0.05) is 28.1 Å². The largest absolute Gasteiger partial charge is 0.495 e. The lowest BCUT2D eigenvalue weighted by Gasteiger charge is -2.11. The number of amides is 1. The van der Waals surface area contributed by atoms with E-state index in [0.29, 0.717) is 40.0 Å². The van der Waals surface area contributed by atoms with Gasteiger partial charge in [0.25, 0.3) is 5.91 Å². The number of aryl methyl sites for hydroxylation is 1. The van der Waals surface area contributed by atoms with E-state index in [1.54, 1.807) is 36.4 Å². The Labute approximate surface area is 189 Å². The Morgan fingerprint density at radius 2 is 1.81 bits per heavy atom. The van der Waals surface area contributed by atoms with Crippen molar-refractivity contribution in [3.8, 4) is 11.5 Å². The van der Waals surface area contributed by atoms with Crippen LogP contribution in [0.3, 0.4) is 0 Å². The summed E-state index contributed by atoms with van der Waals surface area (Å²) in [6.45, 7) is 2.16. The van der Waals surface area contributed by atoms with E-state index in [1.807, 2.05) is 31.2 Å². The molecule has 4 aromatic rings. The van der Waals surface area contributed by atoms with Crippen LogP contribution in [0, 0.1) is 6.92 Å². The number of methoxy groups -OCH3 is 1.